The van der Waals surface area contributed by atoms with Crippen molar-refractivity contribution in [1.29, 1.82) is 5.26 Å². The second kappa shape index (κ2) is 8.05. The Balaban J connectivity index is 1.60. The van der Waals surface area contributed by atoms with Gasteiger partial charge in [-0.2, -0.15) is 5.26 Å². The van der Waals surface area contributed by atoms with Crippen LogP contribution in [-0.2, 0) is 16.2 Å². The van der Waals surface area contributed by atoms with E-state index >= 15 is 0 Å². The molecule has 3 aromatic rings. The molecule has 5 nitrogen and oxygen atoms in total. The first-order valence-corrected chi connectivity index (χ1v) is 11.6. The van der Waals surface area contributed by atoms with Crippen molar-refractivity contribution in [3.63, 3.8) is 0 Å². The Hall–Kier alpha value is -3.63. The highest BCUT2D eigenvalue weighted by atomic mass is 32.2. The Morgan fingerprint density at radius 3 is 2.76 bits per heavy atom. The highest BCUT2D eigenvalue weighted by Crippen LogP contribution is 2.55. The highest BCUT2D eigenvalue weighted by Gasteiger charge is 2.59. The van der Waals surface area contributed by atoms with E-state index in [0.717, 1.165) is 22.4 Å². The Morgan fingerprint density at radius 2 is 1.97 bits per heavy atom. The molecule has 2 aliphatic rings. The van der Waals surface area contributed by atoms with Gasteiger partial charge in [0.05, 0.1) is 23.9 Å². The van der Waals surface area contributed by atoms with Gasteiger partial charge in [0, 0.05) is 23.4 Å². The maximum absolute atomic E-state index is 14.0. The lowest BCUT2D eigenvalue weighted by molar-refractivity contribution is -0.123. The van der Waals surface area contributed by atoms with Gasteiger partial charge in [-0.3, -0.25) is 9.59 Å². The van der Waals surface area contributed by atoms with Crippen LogP contribution in [0.2, 0.25) is 0 Å². The summed E-state index contributed by atoms with van der Waals surface area (Å²) in [6, 6.07) is 20.7. The third-order valence-electron chi connectivity index (χ3n) is 6.06. The average molecular weight is 458 g/mol. The van der Waals surface area contributed by atoms with Crippen LogP contribution >= 0.6 is 11.8 Å². The zero-order valence-corrected chi connectivity index (χ0v) is 18.7. The Labute approximate surface area is 195 Å². The molecule has 1 spiro atoms. The number of nitrogens with zero attached hydrogens (tertiary/aromatic N) is 3. The molecule has 0 N–H and O–H groups in total. The van der Waals surface area contributed by atoms with Crippen molar-refractivity contribution in [2.24, 2.45) is 0 Å². The summed E-state index contributed by atoms with van der Waals surface area (Å²) in [6.45, 7) is 2.63. The molecule has 1 unspecified atom stereocenters. The number of halogens is 1. The maximum atomic E-state index is 14.0. The number of thioether (sulfide) groups is 1. The van der Waals surface area contributed by atoms with Crippen LogP contribution in [0.15, 0.2) is 66.7 Å². The first kappa shape index (κ1) is 21.2. The number of hydrogen-bond acceptors (Lipinski definition) is 4. The number of rotatable bonds is 3. The second-order valence-corrected chi connectivity index (χ2v) is 9.47. The van der Waals surface area contributed by atoms with Crippen LogP contribution in [0.1, 0.15) is 32.6 Å². The predicted molar refractivity (Wildman–Crippen MR) is 125 cm³/mol. The van der Waals surface area contributed by atoms with Gasteiger partial charge >= 0.3 is 0 Å². The van der Waals surface area contributed by atoms with Crippen LogP contribution in [0.5, 0.6) is 0 Å². The molecule has 1 saturated heterocycles. The summed E-state index contributed by atoms with van der Waals surface area (Å²) in [5.74, 6) is -0.459. The van der Waals surface area contributed by atoms with Crippen LogP contribution in [-0.4, -0.2) is 29.0 Å². The number of anilines is 1. The molecule has 164 valence electrons. The summed E-state index contributed by atoms with van der Waals surface area (Å²) in [5.41, 5.74) is 4.09. The van der Waals surface area contributed by atoms with Gasteiger partial charge in [-0.1, -0.05) is 35.9 Å². The van der Waals surface area contributed by atoms with Crippen LogP contribution < -0.4 is 4.90 Å². The topological polar surface area (TPSA) is 64.4 Å². The smallest absolute Gasteiger partial charge is 0.268 e. The molecule has 33 heavy (non-hydrogen) atoms. The first-order valence-electron chi connectivity index (χ1n) is 10.6. The average Bonchev–Trinajstić information content (AvgIpc) is 3.36. The molecule has 0 bridgehead atoms. The lowest BCUT2D eigenvalue weighted by atomic mass is 10.0. The summed E-state index contributed by atoms with van der Waals surface area (Å²) in [7, 11) is 0. The normalized spacial score (nSPS) is 19.1. The molecule has 2 amide bonds. The molecule has 0 radical (unpaired) electrons. The predicted octanol–water partition coefficient (Wildman–Crippen LogP) is 4.59. The lowest BCUT2D eigenvalue weighted by Gasteiger charge is -2.33. The van der Waals surface area contributed by atoms with Gasteiger partial charge in [-0.15, -0.1) is 11.8 Å². The van der Waals surface area contributed by atoms with Gasteiger partial charge in [-0.25, -0.2) is 4.39 Å². The van der Waals surface area contributed by atoms with Crippen LogP contribution in [0.3, 0.4) is 0 Å². The van der Waals surface area contributed by atoms with Crippen molar-refractivity contribution in [1.82, 2.24) is 4.90 Å². The zero-order chi connectivity index (χ0) is 23.2. The van der Waals surface area contributed by atoms with E-state index in [2.05, 4.69) is 6.07 Å². The molecular weight excluding hydrogens is 437 g/mol. The fourth-order valence-corrected chi connectivity index (χ4v) is 6.04. The number of benzene rings is 3. The van der Waals surface area contributed by atoms with E-state index in [4.69, 9.17) is 0 Å². The van der Waals surface area contributed by atoms with Crippen molar-refractivity contribution in [3.8, 4) is 6.07 Å². The summed E-state index contributed by atoms with van der Waals surface area (Å²) >= 11 is 1.44. The Bertz CT molecular complexity index is 1340. The number of nitriles is 1. The number of fused-ring (bicyclic) bond motifs is 2. The highest BCUT2D eigenvalue weighted by molar-refractivity contribution is 8.01. The van der Waals surface area contributed by atoms with Crippen molar-refractivity contribution >= 4 is 29.3 Å². The molecule has 0 saturated carbocycles. The summed E-state index contributed by atoms with van der Waals surface area (Å²) in [6.07, 6.45) is 0. The molecule has 1 fully saturated rings. The van der Waals surface area contributed by atoms with E-state index in [1.807, 2.05) is 31.2 Å². The minimum absolute atomic E-state index is 0.197. The van der Waals surface area contributed by atoms with Gasteiger partial charge in [0.2, 0.25) is 0 Å². The van der Waals surface area contributed by atoms with E-state index in [-0.39, 0.29) is 23.9 Å². The fraction of sp³-hybridized carbons (Fsp3) is 0.192. The van der Waals surface area contributed by atoms with E-state index in [0.29, 0.717) is 17.9 Å². The van der Waals surface area contributed by atoms with Gasteiger partial charge in [-0.05, 0) is 48.9 Å². The largest absolute Gasteiger partial charge is 0.311 e. The number of carbonyl (C=O) groups excluding carboxylic acids is 2. The minimum atomic E-state index is -1.20. The standard InChI is InChI=1S/C26H20FN3O2S/c1-17-8-9-23-22(12-17)26(25(32)29(23)16-19-5-2-4-18(13-19)15-28)30(10-11-33-26)24(31)20-6-3-7-21(27)14-20/h2-9,12-14H,10-11,16H2,1H3. The Kier molecular flexibility index (Phi) is 5.18. The van der Waals surface area contributed by atoms with E-state index in [9.17, 15) is 19.2 Å². The third-order valence-corrected chi connectivity index (χ3v) is 7.48. The van der Waals surface area contributed by atoms with Crippen molar-refractivity contribution in [2.75, 3.05) is 17.2 Å². The van der Waals surface area contributed by atoms with E-state index < -0.39 is 10.7 Å². The summed E-state index contributed by atoms with van der Waals surface area (Å²) < 4.78 is 13.8. The maximum Gasteiger partial charge on any atom is 0.268 e. The number of hydrogen-bond donors (Lipinski definition) is 0. The molecule has 0 aromatic heterocycles. The minimum Gasteiger partial charge on any atom is -0.311 e. The van der Waals surface area contributed by atoms with Crippen molar-refractivity contribution < 1.29 is 14.0 Å². The van der Waals surface area contributed by atoms with Gasteiger partial charge in [0.1, 0.15) is 5.82 Å². The summed E-state index contributed by atoms with van der Waals surface area (Å²) in [5, 5.41) is 9.25. The van der Waals surface area contributed by atoms with Crippen LogP contribution in [0.4, 0.5) is 10.1 Å². The van der Waals surface area contributed by atoms with E-state index in [1.54, 1.807) is 34.1 Å². The molecule has 7 heteroatoms. The van der Waals surface area contributed by atoms with Crippen molar-refractivity contribution in [2.45, 2.75) is 18.3 Å². The Morgan fingerprint density at radius 1 is 1.15 bits per heavy atom. The molecule has 3 aromatic carbocycles. The van der Waals surface area contributed by atoms with Gasteiger partial charge in [0.25, 0.3) is 11.8 Å². The molecule has 2 heterocycles. The number of aryl methyl sites for hydroxylation is 1. The van der Waals surface area contributed by atoms with Gasteiger partial charge in [0.15, 0.2) is 4.87 Å². The number of carbonyl (C=O) groups is 2. The number of amides is 2. The SMILES string of the molecule is Cc1ccc2c(c1)C1(SCCN1C(=O)c1cccc(F)c1)C(=O)N2Cc1cccc(C#N)c1. The molecule has 1 atom stereocenters. The molecular formula is C26H20FN3O2S. The summed E-state index contributed by atoms with van der Waals surface area (Å²) in [4.78, 5) is 29.6. The molecule has 5 rings (SSSR count). The quantitative estimate of drug-likeness (QED) is 0.577. The first-order chi connectivity index (χ1) is 15.9. The van der Waals surface area contributed by atoms with E-state index in [1.165, 1.54) is 30.0 Å². The van der Waals surface area contributed by atoms with Crippen LogP contribution in [0, 0.1) is 24.1 Å². The second-order valence-electron chi connectivity index (χ2n) is 8.18. The van der Waals surface area contributed by atoms with Gasteiger partial charge < -0.3 is 9.80 Å². The zero-order valence-electron chi connectivity index (χ0n) is 17.9. The third kappa shape index (κ3) is 3.38. The monoisotopic (exact) mass is 457 g/mol. The van der Waals surface area contributed by atoms with Crippen LogP contribution in [0.25, 0.3) is 0 Å². The fourth-order valence-electron chi connectivity index (χ4n) is 4.59. The molecule has 0 aliphatic carbocycles. The molecule has 2 aliphatic heterocycles. The van der Waals surface area contributed by atoms with Crippen molar-refractivity contribution in [3.05, 3.63) is 100 Å². The lowest BCUT2D eigenvalue weighted by Crippen LogP contribution is -2.50.